The monoisotopic (exact) mass is 335 g/mol. The van der Waals surface area contributed by atoms with E-state index >= 15 is 0 Å². The summed E-state index contributed by atoms with van der Waals surface area (Å²) in [6.07, 6.45) is 0. The smallest absolute Gasteiger partial charge is 0.331 e. The fourth-order valence-electron chi connectivity index (χ4n) is 2.68. The summed E-state index contributed by atoms with van der Waals surface area (Å²) in [4.78, 5) is 12.8. The van der Waals surface area contributed by atoms with Crippen LogP contribution in [0.4, 0.5) is 5.69 Å². The van der Waals surface area contributed by atoms with Crippen molar-refractivity contribution in [1.82, 2.24) is 9.13 Å². The van der Waals surface area contributed by atoms with Gasteiger partial charge < -0.3 is 15.2 Å². The van der Waals surface area contributed by atoms with Crippen LogP contribution in [-0.4, -0.2) is 37.0 Å². The van der Waals surface area contributed by atoms with Gasteiger partial charge in [0.25, 0.3) is 0 Å². The van der Waals surface area contributed by atoms with E-state index in [9.17, 15) is 4.79 Å². The molecule has 1 saturated heterocycles. The molecular formula is C16H25N3O3Si. The molecule has 0 bridgehead atoms. The second-order valence-electron chi connectivity index (χ2n) is 7.37. The van der Waals surface area contributed by atoms with Gasteiger partial charge in [-0.15, -0.1) is 0 Å². The third kappa shape index (κ3) is 3.36. The summed E-state index contributed by atoms with van der Waals surface area (Å²) in [6.45, 7) is 9.05. The fourth-order valence-corrected chi connectivity index (χ4v) is 3.44. The molecule has 0 aliphatic carbocycles. The Hall–Kier alpha value is -1.57. The molecule has 3 rings (SSSR count). The van der Waals surface area contributed by atoms with Gasteiger partial charge in [0.1, 0.15) is 6.73 Å². The van der Waals surface area contributed by atoms with Crippen molar-refractivity contribution in [3.05, 3.63) is 28.7 Å². The Bertz CT molecular complexity index is 756. The number of fused-ring (bicyclic) bond motifs is 1. The molecule has 23 heavy (non-hydrogen) atoms. The third-order valence-corrected chi connectivity index (χ3v) is 5.89. The number of nitrogens with zero attached hydrogens (tertiary/aromatic N) is 2. The van der Waals surface area contributed by atoms with Crippen LogP contribution in [0, 0.1) is 0 Å². The van der Waals surface area contributed by atoms with Crippen LogP contribution in [0.3, 0.4) is 0 Å². The highest BCUT2D eigenvalue weighted by Gasteiger charge is 2.26. The largest absolute Gasteiger partial charge is 0.399 e. The molecule has 7 heteroatoms. The van der Waals surface area contributed by atoms with Crippen LogP contribution in [0.15, 0.2) is 23.0 Å². The maximum absolute atomic E-state index is 12.8. The minimum atomic E-state index is -1.14. The zero-order valence-electron chi connectivity index (χ0n) is 14.0. The minimum Gasteiger partial charge on any atom is -0.399 e. The summed E-state index contributed by atoms with van der Waals surface area (Å²) in [5.41, 5.74) is 8.22. The first kappa shape index (κ1) is 16.3. The van der Waals surface area contributed by atoms with Gasteiger partial charge in [0.05, 0.1) is 30.3 Å². The van der Waals surface area contributed by atoms with Crippen molar-refractivity contribution in [3.8, 4) is 0 Å². The Morgan fingerprint density at radius 2 is 2.04 bits per heavy atom. The number of hydrogen-bond donors (Lipinski definition) is 1. The van der Waals surface area contributed by atoms with Crippen molar-refractivity contribution in [3.63, 3.8) is 0 Å². The van der Waals surface area contributed by atoms with Crippen LogP contribution in [0.2, 0.25) is 25.7 Å². The first-order valence-corrected chi connectivity index (χ1v) is 11.7. The Morgan fingerprint density at radius 3 is 2.65 bits per heavy atom. The Morgan fingerprint density at radius 1 is 1.30 bits per heavy atom. The van der Waals surface area contributed by atoms with E-state index in [2.05, 4.69) is 19.6 Å². The van der Waals surface area contributed by atoms with Gasteiger partial charge in [-0.25, -0.2) is 4.79 Å². The third-order valence-electron chi connectivity index (χ3n) is 4.19. The second-order valence-corrected chi connectivity index (χ2v) is 13.0. The first-order chi connectivity index (χ1) is 10.9. The van der Waals surface area contributed by atoms with E-state index in [4.69, 9.17) is 15.2 Å². The Labute approximate surface area is 136 Å². The average molecular weight is 335 g/mol. The van der Waals surface area contributed by atoms with Gasteiger partial charge in [0.15, 0.2) is 0 Å². The molecule has 1 aliphatic heterocycles. The first-order valence-electron chi connectivity index (χ1n) is 8.02. The van der Waals surface area contributed by atoms with Crippen molar-refractivity contribution >= 4 is 24.8 Å². The summed E-state index contributed by atoms with van der Waals surface area (Å²) in [5, 5.41) is 0. The van der Waals surface area contributed by atoms with Crippen molar-refractivity contribution in [2.45, 2.75) is 38.5 Å². The molecule has 1 fully saturated rings. The molecule has 126 valence electrons. The summed E-state index contributed by atoms with van der Waals surface area (Å²) in [5.74, 6) is 0. The zero-order chi connectivity index (χ0) is 16.6. The minimum absolute atomic E-state index is 0.0492. The molecule has 6 nitrogen and oxygen atoms in total. The van der Waals surface area contributed by atoms with Gasteiger partial charge in [0.2, 0.25) is 0 Å². The van der Waals surface area contributed by atoms with E-state index in [0.717, 1.165) is 17.1 Å². The molecule has 1 aliphatic rings. The SMILES string of the molecule is C[Si](C)(C)CCOCn1c(=O)n(C2COC2)c2ccc(N)cc21. The molecule has 0 unspecified atom stereocenters. The van der Waals surface area contributed by atoms with E-state index in [1.54, 1.807) is 9.13 Å². The van der Waals surface area contributed by atoms with Crippen molar-refractivity contribution in [1.29, 1.82) is 0 Å². The molecule has 1 aromatic heterocycles. The lowest BCUT2D eigenvalue weighted by Crippen LogP contribution is -2.38. The molecule has 0 radical (unpaired) electrons. The van der Waals surface area contributed by atoms with E-state index in [-0.39, 0.29) is 18.5 Å². The van der Waals surface area contributed by atoms with Crippen LogP contribution >= 0.6 is 0 Å². The van der Waals surface area contributed by atoms with Crippen LogP contribution in [-0.2, 0) is 16.2 Å². The summed E-state index contributed by atoms with van der Waals surface area (Å²) in [7, 11) is -1.14. The normalized spacial score (nSPS) is 16.0. The number of anilines is 1. The van der Waals surface area contributed by atoms with Gasteiger partial charge in [-0.2, -0.15) is 0 Å². The standard InChI is InChI=1S/C16H25N3O3Si/c1-23(2,3)7-6-21-11-18-15-8-12(17)4-5-14(15)19(16(18)20)13-9-22-10-13/h4-5,8,13H,6-7,9-11,17H2,1-3H3. The van der Waals surface area contributed by atoms with E-state index in [0.29, 0.717) is 25.5 Å². The van der Waals surface area contributed by atoms with Crippen LogP contribution in [0.5, 0.6) is 0 Å². The highest BCUT2D eigenvalue weighted by atomic mass is 28.3. The molecule has 0 amide bonds. The topological polar surface area (TPSA) is 71.4 Å². The molecule has 2 N–H and O–H groups in total. The van der Waals surface area contributed by atoms with Crippen LogP contribution < -0.4 is 11.4 Å². The van der Waals surface area contributed by atoms with Crippen LogP contribution in [0.1, 0.15) is 6.04 Å². The molecule has 2 aromatic rings. The highest BCUT2D eigenvalue weighted by Crippen LogP contribution is 2.24. The molecule has 0 spiro atoms. The number of imidazole rings is 1. The van der Waals surface area contributed by atoms with Gasteiger partial charge in [-0.3, -0.25) is 9.13 Å². The van der Waals surface area contributed by atoms with E-state index < -0.39 is 8.07 Å². The van der Waals surface area contributed by atoms with Gasteiger partial charge >= 0.3 is 5.69 Å². The maximum atomic E-state index is 12.8. The number of aromatic nitrogens is 2. The number of benzene rings is 1. The molecule has 0 atom stereocenters. The van der Waals surface area contributed by atoms with E-state index in [1.807, 2.05) is 18.2 Å². The number of nitrogens with two attached hydrogens (primary N) is 1. The number of ether oxygens (including phenoxy) is 2. The summed E-state index contributed by atoms with van der Waals surface area (Å²) in [6, 6.07) is 6.77. The second kappa shape index (κ2) is 6.14. The summed E-state index contributed by atoms with van der Waals surface area (Å²) < 4.78 is 14.5. The number of rotatable bonds is 6. The number of nitrogen functional groups attached to an aromatic ring is 1. The lowest BCUT2D eigenvalue weighted by molar-refractivity contribution is -0.0238. The molecular weight excluding hydrogens is 310 g/mol. The molecule has 2 heterocycles. The molecule has 1 aromatic carbocycles. The van der Waals surface area contributed by atoms with Crippen molar-refractivity contribution in [2.75, 3.05) is 25.6 Å². The van der Waals surface area contributed by atoms with Crippen molar-refractivity contribution in [2.24, 2.45) is 0 Å². The van der Waals surface area contributed by atoms with Gasteiger partial charge in [0, 0.05) is 20.4 Å². The number of hydrogen-bond acceptors (Lipinski definition) is 4. The Balaban J connectivity index is 1.88. The average Bonchev–Trinajstić information content (AvgIpc) is 2.65. The van der Waals surface area contributed by atoms with E-state index in [1.165, 1.54) is 0 Å². The lowest BCUT2D eigenvalue weighted by Gasteiger charge is -2.27. The fraction of sp³-hybridized carbons (Fsp3) is 0.562. The highest BCUT2D eigenvalue weighted by molar-refractivity contribution is 6.76. The quantitative estimate of drug-likeness (QED) is 0.499. The van der Waals surface area contributed by atoms with Crippen LogP contribution in [0.25, 0.3) is 11.0 Å². The lowest BCUT2D eigenvalue weighted by atomic mass is 10.2. The van der Waals surface area contributed by atoms with Gasteiger partial charge in [-0.05, 0) is 24.2 Å². The Kier molecular flexibility index (Phi) is 4.35. The predicted octanol–water partition coefficient (Wildman–Crippen LogP) is 2.27. The zero-order valence-corrected chi connectivity index (χ0v) is 15.0. The molecule has 0 saturated carbocycles. The van der Waals surface area contributed by atoms with Crippen molar-refractivity contribution < 1.29 is 9.47 Å². The maximum Gasteiger partial charge on any atom is 0.331 e. The summed E-state index contributed by atoms with van der Waals surface area (Å²) >= 11 is 0. The predicted molar refractivity (Wildman–Crippen MR) is 94.6 cm³/mol. The van der Waals surface area contributed by atoms with Gasteiger partial charge in [-0.1, -0.05) is 19.6 Å².